The standard InChI is InChI=1S/C22H24BrClN2O2/c1-4-14-7-6-8-15(5-2)21(14)26-12-16(11-19(26)27)22(28)25-18-10-9-17(23)20(24)13(18)3/h6-10,16H,4-5,11-12H2,1-3H3,(H,25,28)/t16-/m0/s1. The van der Waals surface area contributed by atoms with Crippen LogP contribution < -0.4 is 10.2 Å². The quantitative estimate of drug-likeness (QED) is 0.634. The first-order chi connectivity index (χ1) is 13.4. The molecular weight excluding hydrogens is 440 g/mol. The minimum Gasteiger partial charge on any atom is -0.325 e. The van der Waals surface area contributed by atoms with Crippen molar-refractivity contribution in [3.05, 3.63) is 56.5 Å². The van der Waals surface area contributed by atoms with Crippen molar-refractivity contribution in [1.29, 1.82) is 0 Å². The molecule has 6 heteroatoms. The first-order valence-corrected chi connectivity index (χ1v) is 10.7. The van der Waals surface area contributed by atoms with Gasteiger partial charge in [-0.1, -0.05) is 43.6 Å². The van der Waals surface area contributed by atoms with Gasteiger partial charge in [0.25, 0.3) is 0 Å². The molecule has 1 aliphatic rings. The summed E-state index contributed by atoms with van der Waals surface area (Å²) in [5.41, 5.74) is 4.74. The highest BCUT2D eigenvalue weighted by atomic mass is 79.9. The number of amides is 2. The number of nitrogens with one attached hydrogen (secondary N) is 1. The molecule has 0 unspecified atom stereocenters. The van der Waals surface area contributed by atoms with Crippen molar-refractivity contribution in [3.63, 3.8) is 0 Å². The van der Waals surface area contributed by atoms with Crippen molar-refractivity contribution >= 4 is 50.7 Å². The lowest BCUT2D eigenvalue weighted by Crippen LogP contribution is -2.29. The van der Waals surface area contributed by atoms with Crippen LogP contribution in [0.3, 0.4) is 0 Å². The molecule has 4 nitrogen and oxygen atoms in total. The molecule has 0 aliphatic carbocycles. The van der Waals surface area contributed by atoms with Gasteiger partial charge in [0.15, 0.2) is 0 Å². The number of para-hydroxylation sites is 1. The van der Waals surface area contributed by atoms with Gasteiger partial charge in [-0.3, -0.25) is 9.59 Å². The van der Waals surface area contributed by atoms with Gasteiger partial charge in [0.2, 0.25) is 11.8 Å². The Labute approximate surface area is 179 Å². The van der Waals surface area contributed by atoms with Gasteiger partial charge < -0.3 is 10.2 Å². The fourth-order valence-corrected chi connectivity index (χ4v) is 4.28. The van der Waals surface area contributed by atoms with Gasteiger partial charge >= 0.3 is 0 Å². The molecule has 0 saturated carbocycles. The van der Waals surface area contributed by atoms with Crippen LogP contribution in [0.1, 0.15) is 37.0 Å². The molecule has 2 aromatic rings. The van der Waals surface area contributed by atoms with Crippen molar-refractivity contribution in [2.75, 3.05) is 16.8 Å². The number of carbonyl (C=O) groups excluding carboxylic acids is 2. The molecule has 148 valence electrons. The molecule has 1 N–H and O–H groups in total. The normalized spacial score (nSPS) is 16.5. The molecule has 0 spiro atoms. The number of aryl methyl sites for hydroxylation is 2. The highest BCUT2D eigenvalue weighted by molar-refractivity contribution is 9.10. The average Bonchev–Trinajstić information content (AvgIpc) is 3.09. The molecule has 1 aliphatic heterocycles. The van der Waals surface area contributed by atoms with E-state index in [1.165, 1.54) is 0 Å². The van der Waals surface area contributed by atoms with Crippen molar-refractivity contribution in [2.24, 2.45) is 5.92 Å². The highest BCUT2D eigenvalue weighted by Crippen LogP contribution is 2.34. The Balaban J connectivity index is 1.82. The van der Waals surface area contributed by atoms with Crippen LogP contribution in [0.4, 0.5) is 11.4 Å². The monoisotopic (exact) mass is 462 g/mol. The zero-order valence-electron chi connectivity index (χ0n) is 16.3. The van der Waals surface area contributed by atoms with E-state index >= 15 is 0 Å². The Morgan fingerprint density at radius 2 is 1.86 bits per heavy atom. The smallest absolute Gasteiger partial charge is 0.229 e. The summed E-state index contributed by atoms with van der Waals surface area (Å²) in [6, 6.07) is 9.78. The Morgan fingerprint density at radius 3 is 2.46 bits per heavy atom. The van der Waals surface area contributed by atoms with E-state index in [9.17, 15) is 9.59 Å². The Hall–Kier alpha value is -1.85. The van der Waals surface area contributed by atoms with Crippen LogP contribution >= 0.6 is 27.5 Å². The number of hydrogen-bond donors (Lipinski definition) is 1. The maximum atomic E-state index is 12.8. The zero-order valence-corrected chi connectivity index (χ0v) is 18.7. The lowest BCUT2D eigenvalue weighted by molar-refractivity contribution is -0.122. The maximum Gasteiger partial charge on any atom is 0.229 e. The zero-order chi connectivity index (χ0) is 20.4. The summed E-state index contributed by atoms with van der Waals surface area (Å²) in [7, 11) is 0. The van der Waals surface area contributed by atoms with E-state index in [2.05, 4.69) is 47.2 Å². The summed E-state index contributed by atoms with van der Waals surface area (Å²) in [5, 5.41) is 3.52. The van der Waals surface area contributed by atoms with E-state index in [-0.39, 0.29) is 24.2 Å². The van der Waals surface area contributed by atoms with Crippen LogP contribution in [0, 0.1) is 12.8 Å². The molecule has 2 amide bonds. The Morgan fingerprint density at radius 1 is 1.21 bits per heavy atom. The van der Waals surface area contributed by atoms with Crippen LogP contribution in [0.2, 0.25) is 5.02 Å². The SMILES string of the molecule is CCc1cccc(CC)c1N1C[C@@H](C(=O)Nc2ccc(Br)c(Cl)c2C)CC1=O. The molecule has 0 bridgehead atoms. The second-order valence-corrected chi connectivity index (χ2v) is 8.29. The number of benzene rings is 2. The summed E-state index contributed by atoms with van der Waals surface area (Å²) >= 11 is 9.64. The predicted octanol–water partition coefficient (Wildman–Crippen LogP) is 5.53. The van der Waals surface area contributed by atoms with Crippen molar-refractivity contribution < 1.29 is 9.59 Å². The van der Waals surface area contributed by atoms with Gasteiger partial charge in [0.1, 0.15) is 0 Å². The fourth-order valence-electron chi connectivity index (χ4n) is 3.68. The molecular formula is C22H24BrClN2O2. The minimum atomic E-state index is -0.385. The van der Waals surface area contributed by atoms with Crippen LogP contribution in [0.25, 0.3) is 0 Å². The molecule has 0 radical (unpaired) electrons. The van der Waals surface area contributed by atoms with Gasteiger partial charge in [-0.15, -0.1) is 0 Å². The molecule has 1 fully saturated rings. The number of rotatable bonds is 5. The van der Waals surface area contributed by atoms with Gasteiger partial charge in [-0.05, 0) is 64.5 Å². The highest BCUT2D eigenvalue weighted by Gasteiger charge is 2.36. The van der Waals surface area contributed by atoms with Crippen LogP contribution in [-0.2, 0) is 22.4 Å². The largest absolute Gasteiger partial charge is 0.325 e. The van der Waals surface area contributed by atoms with Gasteiger partial charge in [-0.2, -0.15) is 0 Å². The number of nitrogens with zero attached hydrogens (tertiary/aromatic N) is 1. The molecule has 28 heavy (non-hydrogen) atoms. The lowest BCUT2D eigenvalue weighted by Gasteiger charge is -2.23. The van der Waals surface area contributed by atoms with E-state index in [1.54, 1.807) is 4.90 Å². The third-order valence-electron chi connectivity index (χ3n) is 5.33. The van der Waals surface area contributed by atoms with E-state index < -0.39 is 0 Å². The van der Waals surface area contributed by atoms with Crippen molar-refractivity contribution in [2.45, 2.75) is 40.0 Å². The van der Waals surface area contributed by atoms with E-state index in [0.717, 1.165) is 39.7 Å². The van der Waals surface area contributed by atoms with Gasteiger partial charge in [0, 0.05) is 28.8 Å². The number of carbonyl (C=O) groups is 2. The van der Waals surface area contributed by atoms with E-state index in [4.69, 9.17) is 11.6 Å². The van der Waals surface area contributed by atoms with Crippen molar-refractivity contribution in [3.8, 4) is 0 Å². The molecule has 2 aromatic carbocycles. The summed E-state index contributed by atoms with van der Waals surface area (Å²) in [4.78, 5) is 27.4. The number of hydrogen-bond acceptors (Lipinski definition) is 2. The Kier molecular flexibility index (Phi) is 6.46. The van der Waals surface area contributed by atoms with Gasteiger partial charge in [0.05, 0.1) is 10.9 Å². The lowest BCUT2D eigenvalue weighted by atomic mass is 10.0. The molecule has 3 rings (SSSR count). The topological polar surface area (TPSA) is 49.4 Å². The molecule has 1 atom stereocenters. The van der Waals surface area contributed by atoms with E-state index in [1.807, 2.05) is 25.1 Å². The Bertz CT molecular complexity index is 907. The third kappa shape index (κ3) is 3.96. The second kappa shape index (κ2) is 8.66. The molecule has 1 saturated heterocycles. The van der Waals surface area contributed by atoms with Gasteiger partial charge in [-0.25, -0.2) is 0 Å². The fraction of sp³-hybridized carbons (Fsp3) is 0.364. The maximum absolute atomic E-state index is 12.8. The first-order valence-electron chi connectivity index (χ1n) is 9.53. The molecule has 0 aromatic heterocycles. The van der Waals surface area contributed by atoms with Crippen LogP contribution in [0.15, 0.2) is 34.8 Å². The van der Waals surface area contributed by atoms with Crippen LogP contribution in [0.5, 0.6) is 0 Å². The first kappa shape index (κ1) is 20.9. The summed E-state index contributed by atoms with van der Waals surface area (Å²) in [6.45, 7) is 6.43. The number of halogens is 2. The van der Waals surface area contributed by atoms with E-state index in [0.29, 0.717) is 17.3 Å². The third-order valence-corrected chi connectivity index (χ3v) is 6.70. The second-order valence-electron chi connectivity index (χ2n) is 7.06. The molecule has 1 heterocycles. The average molecular weight is 464 g/mol. The summed E-state index contributed by atoms with van der Waals surface area (Å²) < 4.78 is 0.787. The minimum absolute atomic E-state index is 0.00121. The predicted molar refractivity (Wildman–Crippen MR) is 118 cm³/mol. The number of anilines is 2. The van der Waals surface area contributed by atoms with Crippen LogP contribution in [-0.4, -0.2) is 18.4 Å². The van der Waals surface area contributed by atoms with Crippen molar-refractivity contribution in [1.82, 2.24) is 0 Å². The summed E-state index contributed by atoms with van der Waals surface area (Å²) in [6.07, 6.45) is 1.91. The summed E-state index contributed by atoms with van der Waals surface area (Å²) in [5.74, 6) is -0.533.